The van der Waals surface area contributed by atoms with E-state index in [2.05, 4.69) is 20.2 Å². The fourth-order valence-electron chi connectivity index (χ4n) is 3.19. The quantitative estimate of drug-likeness (QED) is 0.867. The Kier molecular flexibility index (Phi) is 6.45. The maximum Gasteiger partial charge on any atom is 0.270 e. The SMILES string of the molecule is Cc1nc(C(=O)NCCc2ccc(Cl)cc2)cc(N2CCCCCC2)n1. The summed E-state index contributed by atoms with van der Waals surface area (Å²) in [5.74, 6) is 1.34. The smallest absolute Gasteiger partial charge is 0.270 e. The molecule has 26 heavy (non-hydrogen) atoms. The van der Waals surface area contributed by atoms with Crippen molar-refractivity contribution in [1.29, 1.82) is 0 Å². The molecule has 1 aliphatic rings. The summed E-state index contributed by atoms with van der Waals surface area (Å²) in [5, 5.41) is 3.67. The summed E-state index contributed by atoms with van der Waals surface area (Å²) in [4.78, 5) is 23.6. The van der Waals surface area contributed by atoms with Crippen LogP contribution in [0.4, 0.5) is 5.82 Å². The van der Waals surface area contributed by atoms with Gasteiger partial charge >= 0.3 is 0 Å². The van der Waals surface area contributed by atoms with Gasteiger partial charge in [0.15, 0.2) is 0 Å². The van der Waals surface area contributed by atoms with E-state index in [1.807, 2.05) is 37.3 Å². The predicted molar refractivity (Wildman–Crippen MR) is 105 cm³/mol. The highest BCUT2D eigenvalue weighted by atomic mass is 35.5. The molecule has 1 aliphatic heterocycles. The van der Waals surface area contributed by atoms with Crippen molar-refractivity contribution in [1.82, 2.24) is 15.3 Å². The molecule has 0 atom stereocenters. The Bertz CT molecular complexity index is 740. The van der Waals surface area contributed by atoms with Gasteiger partial charge in [0.25, 0.3) is 5.91 Å². The van der Waals surface area contributed by atoms with Gasteiger partial charge in [-0.05, 0) is 43.9 Å². The molecule has 0 aliphatic carbocycles. The summed E-state index contributed by atoms with van der Waals surface area (Å²) < 4.78 is 0. The molecule has 5 nitrogen and oxygen atoms in total. The molecule has 1 aromatic carbocycles. The van der Waals surface area contributed by atoms with Gasteiger partial charge in [-0.25, -0.2) is 9.97 Å². The van der Waals surface area contributed by atoms with E-state index in [-0.39, 0.29) is 5.91 Å². The Morgan fingerprint density at radius 2 is 1.81 bits per heavy atom. The Balaban J connectivity index is 1.62. The van der Waals surface area contributed by atoms with E-state index in [4.69, 9.17) is 11.6 Å². The second-order valence-corrected chi connectivity index (χ2v) is 7.13. The topological polar surface area (TPSA) is 58.1 Å². The summed E-state index contributed by atoms with van der Waals surface area (Å²) in [6.45, 7) is 4.39. The number of aryl methyl sites for hydroxylation is 1. The summed E-state index contributed by atoms with van der Waals surface area (Å²) in [6, 6.07) is 9.48. The number of benzene rings is 1. The zero-order chi connectivity index (χ0) is 18.4. The van der Waals surface area contributed by atoms with Crippen LogP contribution >= 0.6 is 11.6 Å². The molecule has 0 spiro atoms. The maximum atomic E-state index is 12.5. The van der Waals surface area contributed by atoms with Gasteiger partial charge in [-0.15, -0.1) is 0 Å². The minimum atomic E-state index is -0.152. The first-order valence-corrected chi connectivity index (χ1v) is 9.63. The van der Waals surface area contributed by atoms with Gasteiger partial charge in [-0.2, -0.15) is 0 Å². The lowest BCUT2D eigenvalue weighted by Crippen LogP contribution is -2.29. The van der Waals surface area contributed by atoms with E-state index in [1.54, 1.807) is 0 Å². The zero-order valence-electron chi connectivity index (χ0n) is 15.2. The molecular weight excluding hydrogens is 348 g/mol. The molecule has 0 radical (unpaired) electrons. The van der Waals surface area contributed by atoms with Crippen molar-refractivity contribution in [3.8, 4) is 0 Å². The number of nitrogens with zero attached hydrogens (tertiary/aromatic N) is 3. The van der Waals surface area contributed by atoms with Crippen molar-refractivity contribution < 1.29 is 4.79 Å². The summed E-state index contributed by atoms with van der Waals surface area (Å²) >= 11 is 5.89. The number of amides is 1. The van der Waals surface area contributed by atoms with Gasteiger partial charge in [-0.3, -0.25) is 4.79 Å². The molecular formula is C20H25ClN4O. The molecule has 0 unspecified atom stereocenters. The predicted octanol–water partition coefficient (Wildman–Crippen LogP) is 3.79. The highest BCUT2D eigenvalue weighted by molar-refractivity contribution is 6.30. The monoisotopic (exact) mass is 372 g/mol. The zero-order valence-corrected chi connectivity index (χ0v) is 15.9. The van der Waals surface area contributed by atoms with Crippen molar-refractivity contribution >= 4 is 23.3 Å². The van der Waals surface area contributed by atoms with Crippen molar-refractivity contribution in [3.05, 3.63) is 52.4 Å². The number of anilines is 1. The molecule has 0 bridgehead atoms. The molecule has 1 saturated heterocycles. The van der Waals surface area contributed by atoms with Crippen LogP contribution in [-0.4, -0.2) is 35.5 Å². The van der Waals surface area contributed by atoms with Gasteiger partial charge in [0.1, 0.15) is 17.3 Å². The number of carbonyl (C=O) groups excluding carboxylic acids is 1. The Morgan fingerprint density at radius 3 is 2.50 bits per heavy atom. The number of aromatic nitrogens is 2. The van der Waals surface area contributed by atoms with E-state index in [0.717, 1.165) is 35.9 Å². The number of hydrogen-bond acceptors (Lipinski definition) is 4. The number of carbonyl (C=O) groups is 1. The largest absolute Gasteiger partial charge is 0.356 e. The fraction of sp³-hybridized carbons (Fsp3) is 0.450. The van der Waals surface area contributed by atoms with Crippen LogP contribution in [0.3, 0.4) is 0 Å². The van der Waals surface area contributed by atoms with Crippen molar-refractivity contribution in [2.75, 3.05) is 24.5 Å². The Hall–Kier alpha value is -2.14. The molecule has 2 aromatic rings. The molecule has 0 saturated carbocycles. The van der Waals surface area contributed by atoms with Crippen LogP contribution in [-0.2, 0) is 6.42 Å². The molecule has 138 valence electrons. The number of rotatable bonds is 5. The van der Waals surface area contributed by atoms with E-state index >= 15 is 0 Å². The summed E-state index contributed by atoms with van der Waals surface area (Å²) in [7, 11) is 0. The first-order valence-electron chi connectivity index (χ1n) is 9.25. The Labute approximate surface area is 159 Å². The number of hydrogen-bond donors (Lipinski definition) is 1. The summed E-state index contributed by atoms with van der Waals surface area (Å²) in [6.07, 6.45) is 5.63. The number of nitrogens with one attached hydrogen (secondary N) is 1. The van der Waals surface area contributed by atoms with E-state index in [9.17, 15) is 4.79 Å². The molecule has 1 aromatic heterocycles. The first kappa shape index (κ1) is 18.6. The fourth-order valence-corrected chi connectivity index (χ4v) is 3.32. The van der Waals surface area contributed by atoms with Gasteiger partial charge < -0.3 is 10.2 Å². The van der Waals surface area contributed by atoms with Crippen LogP contribution in [0.15, 0.2) is 30.3 Å². The highest BCUT2D eigenvalue weighted by Crippen LogP contribution is 2.18. The average molecular weight is 373 g/mol. The molecule has 1 N–H and O–H groups in total. The van der Waals surface area contributed by atoms with Crippen LogP contribution in [0.2, 0.25) is 5.02 Å². The van der Waals surface area contributed by atoms with Gasteiger partial charge in [0.05, 0.1) is 0 Å². The van der Waals surface area contributed by atoms with Gasteiger partial charge in [0.2, 0.25) is 0 Å². The third kappa shape index (κ3) is 5.18. The van der Waals surface area contributed by atoms with Crippen molar-refractivity contribution in [2.45, 2.75) is 39.0 Å². The lowest BCUT2D eigenvalue weighted by Gasteiger charge is -2.22. The van der Waals surface area contributed by atoms with Gasteiger partial charge in [0, 0.05) is 30.7 Å². The van der Waals surface area contributed by atoms with E-state index in [0.29, 0.717) is 18.1 Å². The van der Waals surface area contributed by atoms with Crippen LogP contribution in [0.1, 0.15) is 47.6 Å². The molecule has 1 fully saturated rings. The van der Waals surface area contributed by atoms with Crippen LogP contribution < -0.4 is 10.2 Å². The van der Waals surface area contributed by atoms with Crippen LogP contribution in [0, 0.1) is 6.92 Å². The normalized spacial score (nSPS) is 14.8. The third-order valence-corrected chi connectivity index (χ3v) is 4.85. The molecule has 3 rings (SSSR count). The third-order valence-electron chi connectivity index (χ3n) is 4.60. The minimum absolute atomic E-state index is 0.152. The molecule has 1 amide bonds. The molecule has 6 heteroatoms. The second-order valence-electron chi connectivity index (χ2n) is 6.69. The van der Waals surface area contributed by atoms with E-state index < -0.39 is 0 Å². The standard InChI is InChI=1S/C20H25ClN4O/c1-15-23-18(14-19(24-15)25-12-4-2-3-5-13-25)20(26)22-11-10-16-6-8-17(21)9-7-16/h6-9,14H,2-5,10-13H2,1H3,(H,22,26). The minimum Gasteiger partial charge on any atom is -0.356 e. The lowest BCUT2D eigenvalue weighted by molar-refractivity contribution is 0.0948. The number of halogens is 1. The van der Waals surface area contributed by atoms with Crippen LogP contribution in [0.25, 0.3) is 0 Å². The average Bonchev–Trinajstić information content (AvgIpc) is 2.92. The highest BCUT2D eigenvalue weighted by Gasteiger charge is 2.15. The van der Waals surface area contributed by atoms with Crippen molar-refractivity contribution in [2.24, 2.45) is 0 Å². The van der Waals surface area contributed by atoms with Crippen LogP contribution in [0.5, 0.6) is 0 Å². The van der Waals surface area contributed by atoms with E-state index in [1.165, 1.54) is 25.7 Å². The van der Waals surface area contributed by atoms with Gasteiger partial charge in [-0.1, -0.05) is 36.6 Å². The Morgan fingerprint density at radius 1 is 1.12 bits per heavy atom. The summed E-state index contributed by atoms with van der Waals surface area (Å²) in [5.41, 5.74) is 1.58. The first-order chi connectivity index (χ1) is 12.6. The maximum absolute atomic E-state index is 12.5. The second kappa shape index (κ2) is 8.99. The lowest BCUT2D eigenvalue weighted by atomic mass is 10.1. The van der Waals surface area contributed by atoms with Crippen molar-refractivity contribution in [3.63, 3.8) is 0 Å². The molecule has 2 heterocycles.